The number of likely N-dealkylation sites (tertiary alicyclic amines) is 1. The summed E-state index contributed by atoms with van der Waals surface area (Å²) in [5.41, 5.74) is 0. The van der Waals surface area contributed by atoms with E-state index in [0.717, 1.165) is 0 Å². The SMILES string of the molecule is CC(=O)N(OCCCn1ncnn1)[C@@H]1CC[C@@H](C#N)N(CC(=O)O)C1. The molecule has 0 spiro atoms. The summed E-state index contributed by atoms with van der Waals surface area (Å²) >= 11 is 0. The van der Waals surface area contributed by atoms with E-state index in [1.54, 1.807) is 4.90 Å². The lowest BCUT2D eigenvalue weighted by molar-refractivity contribution is -0.205. The van der Waals surface area contributed by atoms with Crippen LogP contribution in [0.25, 0.3) is 0 Å². The number of aliphatic carboxylic acids is 1. The summed E-state index contributed by atoms with van der Waals surface area (Å²) in [6.07, 6.45) is 3.00. The molecule has 2 atom stereocenters. The van der Waals surface area contributed by atoms with Gasteiger partial charge in [-0.25, -0.2) is 5.06 Å². The first-order chi connectivity index (χ1) is 12.0. The molecular formula is C14H21N7O4. The van der Waals surface area contributed by atoms with Crippen molar-refractivity contribution in [3.63, 3.8) is 0 Å². The van der Waals surface area contributed by atoms with E-state index >= 15 is 0 Å². The van der Waals surface area contributed by atoms with Crippen molar-refractivity contribution in [1.29, 1.82) is 5.26 Å². The second-order valence-corrected chi connectivity index (χ2v) is 5.76. The summed E-state index contributed by atoms with van der Waals surface area (Å²) in [4.78, 5) is 31.5. The van der Waals surface area contributed by atoms with Crippen LogP contribution in [0.1, 0.15) is 26.2 Å². The first kappa shape index (κ1) is 18.8. The maximum absolute atomic E-state index is 11.9. The Morgan fingerprint density at radius 2 is 2.28 bits per heavy atom. The molecule has 25 heavy (non-hydrogen) atoms. The van der Waals surface area contributed by atoms with Gasteiger partial charge < -0.3 is 5.11 Å². The minimum atomic E-state index is -1.00. The molecule has 0 aromatic carbocycles. The molecular weight excluding hydrogens is 330 g/mol. The molecule has 0 saturated carbocycles. The van der Waals surface area contributed by atoms with Crippen molar-refractivity contribution in [2.75, 3.05) is 19.7 Å². The van der Waals surface area contributed by atoms with E-state index in [9.17, 15) is 9.59 Å². The number of carboxylic acids is 1. The van der Waals surface area contributed by atoms with E-state index in [4.69, 9.17) is 15.2 Å². The fourth-order valence-corrected chi connectivity index (χ4v) is 2.82. The van der Waals surface area contributed by atoms with Gasteiger partial charge in [-0.1, -0.05) is 0 Å². The Morgan fingerprint density at radius 3 is 2.88 bits per heavy atom. The topological polar surface area (TPSA) is 137 Å². The molecule has 136 valence electrons. The Labute approximate surface area is 144 Å². The lowest BCUT2D eigenvalue weighted by atomic mass is 9.98. The first-order valence-corrected chi connectivity index (χ1v) is 8.00. The highest BCUT2D eigenvalue weighted by atomic mass is 16.7. The number of piperidine rings is 1. The molecule has 11 heteroatoms. The molecule has 1 aliphatic heterocycles. The zero-order valence-electron chi connectivity index (χ0n) is 14.0. The highest BCUT2D eigenvalue weighted by Gasteiger charge is 2.34. The monoisotopic (exact) mass is 351 g/mol. The molecule has 1 fully saturated rings. The third kappa shape index (κ3) is 5.47. The van der Waals surface area contributed by atoms with Gasteiger partial charge in [0.2, 0.25) is 5.91 Å². The fourth-order valence-electron chi connectivity index (χ4n) is 2.82. The largest absolute Gasteiger partial charge is 0.480 e. The van der Waals surface area contributed by atoms with Crippen LogP contribution in [0.2, 0.25) is 0 Å². The van der Waals surface area contributed by atoms with Crippen molar-refractivity contribution >= 4 is 11.9 Å². The molecule has 1 saturated heterocycles. The maximum Gasteiger partial charge on any atom is 0.317 e. The van der Waals surface area contributed by atoms with E-state index in [2.05, 4.69) is 21.5 Å². The van der Waals surface area contributed by atoms with Crippen molar-refractivity contribution in [3.8, 4) is 6.07 Å². The number of amides is 1. The predicted octanol–water partition coefficient (Wildman–Crippen LogP) is -0.716. The lowest BCUT2D eigenvalue weighted by Gasteiger charge is -2.39. The van der Waals surface area contributed by atoms with Gasteiger partial charge in [-0.2, -0.15) is 10.1 Å². The average Bonchev–Trinajstić information content (AvgIpc) is 3.07. The number of carboxylic acid groups (broad SMARTS) is 1. The summed E-state index contributed by atoms with van der Waals surface area (Å²) in [5, 5.41) is 30.7. The van der Waals surface area contributed by atoms with Gasteiger partial charge in [0.15, 0.2) is 6.33 Å². The molecule has 0 radical (unpaired) electrons. The quantitative estimate of drug-likeness (QED) is 0.475. The van der Waals surface area contributed by atoms with Crippen LogP contribution >= 0.6 is 0 Å². The minimum Gasteiger partial charge on any atom is -0.480 e. The predicted molar refractivity (Wildman–Crippen MR) is 82.5 cm³/mol. The summed E-state index contributed by atoms with van der Waals surface area (Å²) in [6, 6.07) is 1.37. The number of nitrogens with zero attached hydrogens (tertiary/aromatic N) is 7. The Kier molecular flexibility index (Phi) is 6.79. The Bertz CT molecular complexity index is 615. The summed E-state index contributed by atoms with van der Waals surface area (Å²) in [5.74, 6) is -1.26. The number of hydrogen-bond acceptors (Lipinski definition) is 8. The van der Waals surface area contributed by atoms with Gasteiger partial charge in [-0.05, 0) is 24.5 Å². The third-order valence-electron chi connectivity index (χ3n) is 3.91. The first-order valence-electron chi connectivity index (χ1n) is 8.00. The summed E-state index contributed by atoms with van der Waals surface area (Å²) in [7, 11) is 0. The zero-order chi connectivity index (χ0) is 18.2. The molecule has 1 N–H and O–H groups in total. The number of tetrazole rings is 1. The van der Waals surface area contributed by atoms with Gasteiger partial charge in [-0.3, -0.25) is 19.3 Å². The molecule has 1 aromatic heterocycles. The smallest absolute Gasteiger partial charge is 0.317 e. The van der Waals surface area contributed by atoms with E-state index in [-0.39, 0.29) is 31.6 Å². The molecule has 1 aromatic rings. The van der Waals surface area contributed by atoms with Gasteiger partial charge in [-0.15, -0.1) is 10.2 Å². The Morgan fingerprint density at radius 1 is 1.48 bits per heavy atom. The number of carbonyl (C=O) groups excluding carboxylic acids is 1. The molecule has 0 unspecified atom stereocenters. The van der Waals surface area contributed by atoms with Gasteiger partial charge in [0.1, 0.15) is 0 Å². The maximum atomic E-state index is 11.9. The fraction of sp³-hybridized carbons (Fsp3) is 0.714. The standard InChI is InChI=1S/C14H21N7O4/c1-11(22)21(25-6-2-5-20-17-10-16-18-20)13-4-3-12(7-15)19(8-13)9-14(23)24/h10,12-13H,2-6,8-9H2,1H3,(H,23,24)/t12-,13+/m0/s1. The van der Waals surface area contributed by atoms with E-state index < -0.39 is 12.0 Å². The molecule has 0 bridgehead atoms. The Hall–Kier alpha value is -2.58. The molecule has 2 rings (SSSR count). The summed E-state index contributed by atoms with van der Waals surface area (Å²) in [6.45, 7) is 2.25. The normalized spacial score (nSPS) is 20.8. The number of nitriles is 1. The second-order valence-electron chi connectivity index (χ2n) is 5.76. The van der Waals surface area contributed by atoms with Crippen LogP contribution in [0.15, 0.2) is 6.33 Å². The number of carbonyl (C=O) groups is 2. The van der Waals surface area contributed by atoms with Gasteiger partial charge in [0, 0.05) is 13.5 Å². The number of hydroxylamine groups is 2. The van der Waals surface area contributed by atoms with Crippen LogP contribution < -0.4 is 0 Å². The Balaban J connectivity index is 1.88. The molecule has 1 amide bonds. The number of rotatable bonds is 8. The van der Waals surface area contributed by atoms with Crippen molar-refractivity contribution in [1.82, 2.24) is 30.2 Å². The second kappa shape index (κ2) is 9.05. The summed E-state index contributed by atoms with van der Waals surface area (Å²) < 4.78 is 0. The molecule has 2 heterocycles. The highest BCUT2D eigenvalue weighted by Crippen LogP contribution is 2.21. The average molecular weight is 351 g/mol. The van der Waals surface area contributed by atoms with Crippen molar-refractivity contribution in [2.45, 2.75) is 44.8 Å². The number of aryl methyl sites for hydroxylation is 1. The van der Waals surface area contributed by atoms with Crippen LogP contribution in [-0.2, 0) is 21.0 Å². The highest BCUT2D eigenvalue weighted by molar-refractivity contribution is 5.72. The van der Waals surface area contributed by atoms with Crippen molar-refractivity contribution in [2.24, 2.45) is 0 Å². The van der Waals surface area contributed by atoms with E-state index in [1.165, 1.54) is 23.1 Å². The minimum absolute atomic E-state index is 0.238. The van der Waals surface area contributed by atoms with Crippen LogP contribution in [0, 0.1) is 11.3 Å². The van der Waals surface area contributed by atoms with Crippen molar-refractivity contribution < 1.29 is 19.5 Å². The number of hydrogen-bond donors (Lipinski definition) is 1. The van der Waals surface area contributed by atoms with E-state index in [1.807, 2.05) is 0 Å². The zero-order valence-corrected chi connectivity index (χ0v) is 14.0. The molecule has 1 aliphatic rings. The van der Waals surface area contributed by atoms with Gasteiger partial charge >= 0.3 is 5.97 Å². The van der Waals surface area contributed by atoms with E-state index in [0.29, 0.717) is 25.8 Å². The van der Waals surface area contributed by atoms with Crippen LogP contribution in [0.3, 0.4) is 0 Å². The molecule has 11 nitrogen and oxygen atoms in total. The van der Waals surface area contributed by atoms with Crippen LogP contribution in [0.4, 0.5) is 0 Å². The van der Waals surface area contributed by atoms with Gasteiger partial charge in [0.25, 0.3) is 0 Å². The third-order valence-corrected chi connectivity index (χ3v) is 3.91. The van der Waals surface area contributed by atoms with Crippen LogP contribution in [0.5, 0.6) is 0 Å². The van der Waals surface area contributed by atoms with Crippen molar-refractivity contribution in [3.05, 3.63) is 6.33 Å². The lowest BCUT2D eigenvalue weighted by Crippen LogP contribution is -2.54. The molecule has 0 aliphatic carbocycles. The number of aromatic nitrogens is 4. The van der Waals surface area contributed by atoms with Gasteiger partial charge in [0.05, 0.1) is 37.8 Å². The van der Waals surface area contributed by atoms with Crippen LogP contribution in [-0.4, -0.2) is 78.9 Å².